The van der Waals surface area contributed by atoms with Crippen molar-refractivity contribution in [1.29, 1.82) is 0 Å². The first-order chi connectivity index (χ1) is 36.0. The van der Waals surface area contributed by atoms with Crippen molar-refractivity contribution >= 4 is 111 Å². The summed E-state index contributed by atoms with van der Waals surface area (Å²) >= 11 is 0. The third kappa shape index (κ3) is 6.26. The van der Waals surface area contributed by atoms with Gasteiger partial charge in [-0.1, -0.05) is 199 Å². The summed E-state index contributed by atoms with van der Waals surface area (Å²) in [5, 5.41) is 15.5. The number of fused-ring (bicyclic) bond motifs is 16. The van der Waals surface area contributed by atoms with E-state index in [-0.39, 0.29) is 23.6 Å². The van der Waals surface area contributed by atoms with Gasteiger partial charge in [0.1, 0.15) is 0 Å². The molecule has 2 aliphatic heterocycles. The van der Waals surface area contributed by atoms with Gasteiger partial charge in [-0.25, -0.2) is 0 Å². The average molecular weight is 947 g/mol. The zero-order valence-electron chi connectivity index (χ0n) is 42.8. The molecular weight excluding hydrogens is 892 g/mol. The van der Waals surface area contributed by atoms with Crippen LogP contribution in [0.25, 0.3) is 86.8 Å². The van der Waals surface area contributed by atoms with Crippen LogP contribution in [-0.4, -0.2) is 11.3 Å². The molecule has 0 spiro atoms. The van der Waals surface area contributed by atoms with Crippen molar-refractivity contribution in [3.05, 3.63) is 246 Å². The van der Waals surface area contributed by atoms with Crippen LogP contribution in [0.2, 0.25) is 0 Å². The highest BCUT2D eigenvalue weighted by atomic mass is 15.1. The number of para-hydroxylation sites is 3. The van der Waals surface area contributed by atoms with Gasteiger partial charge in [-0.2, -0.15) is 0 Å². The molecule has 0 radical (unpaired) electrons. The van der Waals surface area contributed by atoms with Crippen LogP contribution >= 0.6 is 0 Å². The summed E-state index contributed by atoms with van der Waals surface area (Å²) in [6, 6.07) is 83.7. The van der Waals surface area contributed by atoms with E-state index in [1.807, 2.05) is 0 Å². The predicted octanol–water partition coefficient (Wildman–Crippen LogP) is 17.8. The van der Waals surface area contributed by atoms with Gasteiger partial charge in [-0.05, 0) is 170 Å². The minimum absolute atomic E-state index is 0.0729. The van der Waals surface area contributed by atoms with Crippen LogP contribution in [-0.2, 0) is 10.8 Å². The monoisotopic (exact) mass is 946 g/mol. The van der Waals surface area contributed by atoms with Gasteiger partial charge in [0, 0.05) is 50.3 Å². The Morgan fingerprint density at radius 2 is 0.905 bits per heavy atom. The molecule has 1 unspecified atom stereocenters. The second kappa shape index (κ2) is 15.6. The van der Waals surface area contributed by atoms with Crippen molar-refractivity contribution in [3.8, 4) is 11.1 Å². The van der Waals surface area contributed by atoms with Gasteiger partial charge in [-0.3, -0.25) is 0 Å². The van der Waals surface area contributed by atoms with Crippen LogP contribution in [0.15, 0.2) is 218 Å². The highest BCUT2D eigenvalue weighted by Crippen LogP contribution is 2.50. The summed E-state index contributed by atoms with van der Waals surface area (Å²) in [6.45, 7) is 14.2. The molecule has 0 N–H and O–H groups in total. The summed E-state index contributed by atoms with van der Waals surface area (Å²) in [5.74, 6) is -0.0838. The Labute approximate surface area is 433 Å². The first-order valence-electron chi connectivity index (χ1n) is 26.5. The van der Waals surface area contributed by atoms with Crippen molar-refractivity contribution in [2.75, 3.05) is 4.90 Å². The second-order valence-electron chi connectivity index (χ2n) is 23.3. The molecule has 0 fully saturated rings. The van der Waals surface area contributed by atoms with Crippen LogP contribution in [0.4, 0.5) is 17.1 Å². The first-order valence-corrected chi connectivity index (χ1v) is 26.5. The highest BCUT2D eigenvalue weighted by Gasteiger charge is 2.45. The van der Waals surface area contributed by atoms with E-state index in [9.17, 15) is 0 Å². The van der Waals surface area contributed by atoms with E-state index in [0.717, 1.165) is 17.1 Å². The summed E-state index contributed by atoms with van der Waals surface area (Å²) in [6.07, 6.45) is 0. The van der Waals surface area contributed by atoms with Crippen LogP contribution in [0.1, 0.15) is 75.3 Å². The van der Waals surface area contributed by atoms with Gasteiger partial charge in [0.25, 0.3) is 0 Å². The number of rotatable bonds is 4. The SMILES string of the molecule is CC(C)(C)c1cc(C2c3cc4cc5c6ccccc6c6ccccc6c5cc4cc3B3c4c(cc(N(c5ccccc5)c5ccccc5)cc42)-c2cc4ccccc4c4c5ccccc5n3c24)cc(C(C)(C)C)c1. The van der Waals surface area contributed by atoms with Crippen molar-refractivity contribution in [2.45, 2.75) is 58.3 Å². The maximum Gasteiger partial charge on any atom is 0.329 e. The molecule has 1 atom stereocenters. The number of anilines is 3. The minimum Gasteiger partial charge on any atom is -0.375 e. The zero-order chi connectivity index (χ0) is 49.8. The molecule has 0 aliphatic carbocycles. The molecule has 0 amide bonds. The topological polar surface area (TPSA) is 8.17 Å². The fourth-order valence-corrected chi connectivity index (χ4v) is 13.4. The van der Waals surface area contributed by atoms with Crippen molar-refractivity contribution in [1.82, 2.24) is 4.48 Å². The van der Waals surface area contributed by atoms with Crippen molar-refractivity contribution in [2.24, 2.45) is 0 Å². The molecule has 15 rings (SSSR count). The standard InChI is InChI=1S/C71H55BN2/c1-70(2,3)47-33-46(34-48(40-47)71(4,5)6)66-62-38-44-36-58-55-29-17-15-27-53(55)54-28-16-18-30-56(54)59(58)37-45(44)39-64(62)72-68-60(41-51(42-63(66)68)73(49-22-9-7-10-23-49)50-24-11-8-12-25-50)61-35-43-21-13-14-26-52(43)67-57-31-19-20-32-65(57)74(72)69(61)67/h7-42,66H,1-6H3. The van der Waals surface area contributed by atoms with E-state index in [0.29, 0.717) is 0 Å². The van der Waals surface area contributed by atoms with E-state index in [2.05, 4.69) is 269 Å². The smallest absolute Gasteiger partial charge is 0.329 e. The Hall–Kier alpha value is -8.40. The lowest BCUT2D eigenvalue weighted by Crippen LogP contribution is -2.57. The number of aromatic nitrogens is 1. The van der Waals surface area contributed by atoms with E-state index >= 15 is 0 Å². The highest BCUT2D eigenvalue weighted by molar-refractivity contribution is 6.88. The van der Waals surface area contributed by atoms with E-state index in [1.54, 1.807) is 0 Å². The summed E-state index contributed by atoms with van der Waals surface area (Å²) in [7, 11) is 0. The van der Waals surface area contributed by atoms with Gasteiger partial charge >= 0.3 is 6.85 Å². The normalized spacial score (nSPS) is 14.2. The molecule has 0 saturated carbocycles. The molecule has 2 nitrogen and oxygen atoms in total. The van der Waals surface area contributed by atoms with Gasteiger partial charge in [-0.15, -0.1) is 0 Å². The lowest BCUT2D eigenvalue weighted by atomic mass is 9.41. The Kier molecular flexibility index (Phi) is 9.09. The van der Waals surface area contributed by atoms with Crippen molar-refractivity contribution < 1.29 is 0 Å². The number of hydrogen-bond donors (Lipinski definition) is 0. The van der Waals surface area contributed by atoms with Crippen LogP contribution in [0, 0.1) is 0 Å². The fraction of sp³-hybridized carbons (Fsp3) is 0.127. The summed E-state index contributed by atoms with van der Waals surface area (Å²) in [4.78, 5) is 2.48. The van der Waals surface area contributed by atoms with Crippen LogP contribution in [0.5, 0.6) is 0 Å². The van der Waals surface area contributed by atoms with Gasteiger partial charge < -0.3 is 9.38 Å². The van der Waals surface area contributed by atoms with Gasteiger partial charge in [0.2, 0.25) is 0 Å². The third-order valence-electron chi connectivity index (χ3n) is 16.8. The number of nitrogens with zero attached hydrogens (tertiary/aromatic N) is 2. The average Bonchev–Trinajstić information content (AvgIpc) is 3.78. The summed E-state index contributed by atoms with van der Waals surface area (Å²) < 4.78 is 2.75. The summed E-state index contributed by atoms with van der Waals surface area (Å²) in [5.41, 5.74) is 18.0. The molecule has 13 aromatic rings. The van der Waals surface area contributed by atoms with E-state index < -0.39 is 0 Å². The molecular formula is C71H55BN2. The Bertz CT molecular complexity index is 4440. The molecule has 0 saturated heterocycles. The number of benzene rings is 12. The lowest BCUT2D eigenvalue weighted by Gasteiger charge is -2.40. The Balaban J connectivity index is 1.14. The maximum absolute atomic E-state index is 2.75. The van der Waals surface area contributed by atoms with Crippen molar-refractivity contribution in [3.63, 3.8) is 0 Å². The molecule has 3 heterocycles. The zero-order valence-corrected chi connectivity index (χ0v) is 42.8. The van der Waals surface area contributed by atoms with E-state index in [1.165, 1.54) is 126 Å². The molecule has 1 aromatic heterocycles. The maximum atomic E-state index is 2.75. The molecule has 12 aromatic carbocycles. The third-order valence-corrected chi connectivity index (χ3v) is 16.8. The fourth-order valence-electron chi connectivity index (χ4n) is 13.4. The second-order valence-corrected chi connectivity index (χ2v) is 23.3. The van der Waals surface area contributed by atoms with Crippen LogP contribution in [0.3, 0.4) is 0 Å². The van der Waals surface area contributed by atoms with E-state index in [4.69, 9.17) is 0 Å². The quantitative estimate of drug-likeness (QED) is 0.0970. The van der Waals surface area contributed by atoms with Gasteiger partial charge in [0.05, 0.1) is 0 Å². The molecule has 0 bridgehead atoms. The Morgan fingerprint density at radius 1 is 0.392 bits per heavy atom. The Morgan fingerprint density at radius 3 is 1.50 bits per heavy atom. The molecule has 2 aliphatic rings. The largest absolute Gasteiger partial charge is 0.375 e. The molecule has 3 heteroatoms. The molecule has 74 heavy (non-hydrogen) atoms. The van der Waals surface area contributed by atoms with Crippen LogP contribution < -0.4 is 15.8 Å². The predicted molar refractivity (Wildman–Crippen MR) is 319 cm³/mol. The molecule has 352 valence electrons. The minimum atomic E-state index is -0.0976. The first kappa shape index (κ1) is 43.2. The lowest BCUT2D eigenvalue weighted by molar-refractivity contribution is 0.566. The number of hydrogen-bond acceptors (Lipinski definition) is 1. The van der Waals surface area contributed by atoms with Gasteiger partial charge in [0.15, 0.2) is 0 Å².